The fraction of sp³-hybridized carbons (Fsp3) is 0.500. The Morgan fingerprint density at radius 3 is 2.42 bits per heavy atom. The Bertz CT molecular complexity index is 1510. The molecule has 0 fully saturated rings. The van der Waals surface area contributed by atoms with E-state index >= 15 is 0 Å². The lowest BCUT2D eigenvalue weighted by Crippen LogP contribution is -2.44. The lowest BCUT2D eigenvalue weighted by molar-refractivity contribution is -0.142. The molecule has 4 rings (SSSR count). The number of carbonyl (C=O) groups is 2. The molecule has 1 atom stereocenters. The maximum absolute atomic E-state index is 14.0. The monoisotopic (exact) mass is 610 g/mol. The molecular weight excluding hydrogens is 568 g/mol. The third-order valence-corrected chi connectivity index (χ3v) is 7.70. The smallest absolute Gasteiger partial charge is 0.242 e. The molecule has 43 heavy (non-hydrogen) atoms. The summed E-state index contributed by atoms with van der Waals surface area (Å²) >= 11 is 6.16. The second kappa shape index (κ2) is 13.8. The molecule has 0 aliphatic carbocycles. The summed E-state index contributed by atoms with van der Waals surface area (Å²) in [6, 6.07) is 10.4. The van der Waals surface area contributed by atoms with Crippen LogP contribution in [0.1, 0.15) is 71.9 Å². The average molecular weight is 611 g/mol. The molecule has 0 N–H and O–H groups in total. The van der Waals surface area contributed by atoms with Gasteiger partial charge in [0.1, 0.15) is 5.58 Å². The molecule has 9 heteroatoms. The maximum Gasteiger partial charge on any atom is 0.242 e. The lowest BCUT2D eigenvalue weighted by atomic mass is 9.84. The number of hydrogen-bond donors (Lipinski definition) is 0. The van der Waals surface area contributed by atoms with Crippen molar-refractivity contribution in [3.8, 4) is 11.5 Å². The van der Waals surface area contributed by atoms with E-state index in [9.17, 15) is 14.4 Å². The van der Waals surface area contributed by atoms with E-state index in [1.165, 1.54) is 6.26 Å². The van der Waals surface area contributed by atoms with Crippen LogP contribution in [0.4, 0.5) is 0 Å². The van der Waals surface area contributed by atoms with Crippen molar-refractivity contribution in [3.05, 3.63) is 69.0 Å². The number of nitrogens with zero attached hydrogens (tertiary/aromatic N) is 2. The van der Waals surface area contributed by atoms with E-state index in [2.05, 4.69) is 41.5 Å². The van der Waals surface area contributed by atoms with Crippen LogP contribution in [0.3, 0.4) is 0 Å². The van der Waals surface area contributed by atoms with Gasteiger partial charge in [-0.05, 0) is 66.0 Å². The molecule has 2 amide bonds. The third-order valence-electron chi connectivity index (χ3n) is 7.47. The van der Waals surface area contributed by atoms with Crippen LogP contribution in [0.25, 0.3) is 11.0 Å². The second-order valence-electron chi connectivity index (χ2n) is 13.2. The molecule has 2 aromatic carbocycles. The van der Waals surface area contributed by atoms with Gasteiger partial charge in [-0.3, -0.25) is 14.4 Å². The molecule has 1 unspecified atom stereocenters. The zero-order valence-electron chi connectivity index (χ0n) is 26.1. The Balaban J connectivity index is 1.61. The maximum atomic E-state index is 14.0. The van der Waals surface area contributed by atoms with Crippen LogP contribution < -0.4 is 14.9 Å². The number of rotatable bonds is 12. The zero-order chi connectivity index (χ0) is 31.3. The Hall–Kier alpha value is -3.52. The first kappa shape index (κ1) is 32.4. The van der Waals surface area contributed by atoms with Crippen LogP contribution in [0, 0.1) is 17.3 Å². The molecule has 1 aliphatic heterocycles. The summed E-state index contributed by atoms with van der Waals surface area (Å²) in [5.41, 5.74) is 1.40. The minimum absolute atomic E-state index is 0.00466. The van der Waals surface area contributed by atoms with Crippen molar-refractivity contribution in [2.45, 2.75) is 73.9 Å². The summed E-state index contributed by atoms with van der Waals surface area (Å²) in [6.07, 6.45) is 3.46. The molecule has 1 aromatic heterocycles. The first-order chi connectivity index (χ1) is 20.3. The van der Waals surface area contributed by atoms with Gasteiger partial charge in [-0.1, -0.05) is 59.2 Å². The normalized spacial score (nSPS) is 13.4. The Morgan fingerprint density at radius 2 is 1.70 bits per heavy atom. The summed E-state index contributed by atoms with van der Waals surface area (Å²) in [5, 5.41) is 0.771. The topological polar surface area (TPSA) is 89.3 Å². The Labute approximate surface area is 258 Å². The molecule has 0 saturated carbocycles. The molecule has 1 aliphatic rings. The van der Waals surface area contributed by atoms with Gasteiger partial charge in [-0.2, -0.15) is 0 Å². The van der Waals surface area contributed by atoms with Crippen LogP contribution in [0.15, 0.2) is 51.9 Å². The largest absolute Gasteiger partial charge is 0.464 e. The molecule has 8 nitrogen and oxygen atoms in total. The third kappa shape index (κ3) is 8.99. The lowest BCUT2D eigenvalue weighted by Gasteiger charge is -2.30. The summed E-state index contributed by atoms with van der Waals surface area (Å²) in [5.74, 6) is 1.51. The summed E-state index contributed by atoms with van der Waals surface area (Å²) in [4.78, 5) is 44.2. The number of hydrogen-bond acceptors (Lipinski definition) is 6. The van der Waals surface area contributed by atoms with Crippen molar-refractivity contribution >= 4 is 34.4 Å². The molecule has 0 radical (unpaired) electrons. The summed E-state index contributed by atoms with van der Waals surface area (Å²) < 4.78 is 16.7. The highest BCUT2D eigenvalue weighted by Gasteiger charge is 2.26. The fourth-order valence-corrected chi connectivity index (χ4v) is 5.64. The van der Waals surface area contributed by atoms with Crippen molar-refractivity contribution in [1.29, 1.82) is 0 Å². The summed E-state index contributed by atoms with van der Waals surface area (Å²) in [7, 11) is 0. The zero-order valence-corrected chi connectivity index (χ0v) is 26.8. The van der Waals surface area contributed by atoms with Crippen molar-refractivity contribution in [2.24, 2.45) is 17.3 Å². The standard InChI is InChI=1S/C34H43ClN2O6/c1-22(2)11-12-36(31(38)13-23(3)16-34(4,5)6)19-32(39)37(17-24-7-9-29-30(14-24)43-21-42-29)18-25-20-41-28-10-8-26(35)15-27(28)33(25)40/h7-10,14-15,20,22-23H,11-13,16-19,21H2,1-6H3. The minimum atomic E-state index is -0.260. The van der Waals surface area contributed by atoms with Crippen LogP contribution >= 0.6 is 11.6 Å². The van der Waals surface area contributed by atoms with Crippen LogP contribution in [0.2, 0.25) is 5.02 Å². The van der Waals surface area contributed by atoms with Gasteiger partial charge in [-0.25, -0.2) is 0 Å². The fourth-order valence-electron chi connectivity index (χ4n) is 5.46. The highest BCUT2D eigenvalue weighted by Crippen LogP contribution is 2.33. The van der Waals surface area contributed by atoms with Gasteiger partial charge in [0.05, 0.1) is 30.3 Å². The number of carbonyl (C=O) groups excluding carboxylic acids is 2. The number of fused-ring (bicyclic) bond motifs is 2. The van der Waals surface area contributed by atoms with E-state index in [-0.39, 0.29) is 55.0 Å². The van der Waals surface area contributed by atoms with Crippen molar-refractivity contribution < 1.29 is 23.5 Å². The van der Waals surface area contributed by atoms with Gasteiger partial charge in [-0.15, -0.1) is 0 Å². The van der Waals surface area contributed by atoms with Crippen LogP contribution in [0.5, 0.6) is 11.5 Å². The molecule has 0 spiro atoms. The molecular formula is C34H43ClN2O6. The van der Waals surface area contributed by atoms with E-state index in [4.69, 9.17) is 25.5 Å². The number of benzene rings is 2. The summed E-state index contributed by atoms with van der Waals surface area (Å²) in [6.45, 7) is 13.5. The molecule has 0 bridgehead atoms. The SMILES string of the molecule is CC(C)CCN(CC(=O)N(Cc1ccc2c(c1)OCO2)Cc1coc2ccc(Cl)cc2c1=O)C(=O)CC(C)CC(C)(C)C. The predicted molar refractivity (Wildman–Crippen MR) is 168 cm³/mol. The number of ether oxygens (including phenoxy) is 2. The van der Waals surface area contributed by atoms with Gasteiger partial charge >= 0.3 is 0 Å². The molecule has 0 saturated heterocycles. The minimum Gasteiger partial charge on any atom is -0.464 e. The number of halogens is 1. The van der Waals surface area contributed by atoms with Gasteiger partial charge in [0.15, 0.2) is 16.9 Å². The number of amides is 2. The van der Waals surface area contributed by atoms with E-state index in [0.29, 0.717) is 51.9 Å². The van der Waals surface area contributed by atoms with Crippen molar-refractivity contribution in [2.75, 3.05) is 19.9 Å². The average Bonchev–Trinajstić information content (AvgIpc) is 3.39. The van der Waals surface area contributed by atoms with Crippen LogP contribution in [-0.2, 0) is 22.7 Å². The quantitative estimate of drug-likeness (QED) is 0.218. The van der Waals surface area contributed by atoms with E-state index < -0.39 is 0 Å². The van der Waals surface area contributed by atoms with E-state index in [1.807, 2.05) is 18.2 Å². The van der Waals surface area contributed by atoms with Gasteiger partial charge < -0.3 is 23.7 Å². The van der Waals surface area contributed by atoms with E-state index in [1.54, 1.807) is 28.0 Å². The van der Waals surface area contributed by atoms with Crippen molar-refractivity contribution in [1.82, 2.24) is 9.80 Å². The predicted octanol–water partition coefficient (Wildman–Crippen LogP) is 7.04. The molecule has 3 aromatic rings. The molecule has 2 heterocycles. The first-order valence-electron chi connectivity index (χ1n) is 14.9. The van der Waals surface area contributed by atoms with Gasteiger partial charge in [0.2, 0.25) is 18.6 Å². The van der Waals surface area contributed by atoms with Gasteiger partial charge in [0.25, 0.3) is 0 Å². The highest BCUT2D eigenvalue weighted by atomic mass is 35.5. The van der Waals surface area contributed by atoms with Crippen LogP contribution in [-0.4, -0.2) is 41.5 Å². The Kier molecular flexibility index (Phi) is 10.4. The first-order valence-corrected chi connectivity index (χ1v) is 15.3. The molecule has 232 valence electrons. The Morgan fingerprint density at radius 1 is 0.953 bits per heavy atom. The highest BCUT2D eigenvalue weighted by molar-refractivity contribution is 6.31. The van der Waals surface area contributed by atoms with Gasteiger partial charge in [0, 0.05) is 24.5 Å². The second-order valence-corrected chi connectivity index (χ2v) is 13.7. The van der Waals surface area contributed by atoms with E-state index in [0.717, 1.165) is 18.4 Å². The van der Waals surface area contributed by atoms with Crippen molar-refractivity contribution in [3.63, 3.8) is 0 Å².